The number of aryl methyl sites for hydroxylation is 1. The molecular formula is C16H20N4O. The van der Waals surface area contributed by atoms with Crippen LogP contribution in [0.4, 0.5) is 5.82 Å². The number of anilines is 1. The summed E-state index contributed by atoms with van der Waals surface area (Å²) >= 11 is 0. The van der Waals surface area contributed by atoms with Crippen molar-refractivity contribution in [1.29, 1.82) is 0 Å². The van der Waals surface area contributed by atoms with Crippen LogP contribution in [-0.2, 0) is 6.54 Å². The number of likely N-dealkylation sites (tertiary alicyclic amines) is 1. The summed E-state index contributed by atoms with van der Waals surface area (Å²) in [7, 11) is 0. The molecule has 2 aromatic rings. The van der Waals surface area contributed by atoms with Crippen molar-refractivity contribution in [3.8, 4) is 0 Å². The SMILES string of the molecule is Cc1nc(NC2CCN(Cc3ccccc3)C2)cc(=O)[nH]1. The first-order chi connectivity index (χ1) is 10.2. The Kier molecular flexibility index (Phi) is 4.01. The lowest BCUT2D eigenvalue weighted by Gasteiger charge is -2.17. The molecule has 1 fully saturated rings. The van der Waals surface area contributed by atoms with Crippen molar-refractivity contribution in [2.45, 2.75) is 25.9 Å². The van der Waals surface area contributed by atoms with E-state index in [-0.39, 0.29) is 5.56 Å². The maximum Gasteiger partial charge on any atom is 0.252 e. The minimum absolute atomic E-state index is 0.107. The van der Waals surface area contributed by atoms with E-state index < -0.39 is 0 Å². The predicted octanol–water partition coefficient (Wildman–Crippen LogP) is 1.76. The summed E-state index contributed by atoms with van der Waals surface area (Å²) in [6.07, 6.45) is 1.07. The number of nitrogens with one attached hydrogen (secondary N) is 2. The van der Waals surface area contributed by atoms with E-state index in [9.17, 15) is 4.79 Å². The standard InChI is InChI=1S/C16H20N4O/c1-12-17-15(9-16(21)18-12)19-14-7-8-20(11-14)10-13-5-3-2-4-6-13/h2-6,9,14H,7-8,10-11H2,1H3,(H2,17,18,19,21). The van der Waals surface area contributed by atoms with Gasteiger partial charge >= 0.3 is 0 Å². The van der Waals surface area contributed by atoms with Gasteiger partial charge in [0.05, 0.1) is 0 Å². The van der Waals surface area contributed by atoms with Crippen molar-refractivity contribution in [3.05, 3.63) is 58.1 Å². The normalized spacial score (nSPS) is 18.8. The highest BCUT2D eigenvalue weighted by Gasteiger charge is 2.22. The van der Waals surface area contributed by atoms with Crippen LogP contribution in [0.3, 0.4) is 0 Å². The molecule has 0 saturated carbocycles. The third-order valence-corrected chi connectivity index (χ3v) is 3.73. The van der Waals surface area contributed by atoms with Crippen molar-refractivity contribution in [1.82, 2.24) is 14.9 Å². The lowest BCUT2D eigenvalue weighted by Crippen LogP contribution is -2.27. The molecule has 1 atom stereocenters. The lowest BCUT2D eigenvalue weighted by atomic mass is 10.2. The zero-order valence-corrected chi connectivity index (χ0v) is 12.2. The number of nitrogens with zero attached hydrogens (tertiary/aromatic N) is 2. The Balaban J connectivity index is 1.58. The van der Waals surface area contributed by atoms with Crippen LogP contribution in [0, 0.1) is 6.92 Å². The molecule has 2 heterocycles. The molecule has 0 amide bonds. The van der Waals surface area contributed by atoms with Crippen molar-refractivity contribution < 1.29 is 0 Å². The molecule has 5 heteroatoms. The lowest BCUT2D eigenvalue weighted by molar-refractivity contribution is 0.328. The molecule has 1 aliphatic heterocycles. The highest BCUT2D eigenvalue weighted by atomic mass is 16.1. The van der Waals surface area contributed by atoms with Gasteiger partial charge in [-0.3, -0.25) is 9.69 Å². The summed E-state index contributed by atoms with van der Waals surface area (Å²) in [6.45, 7) is 4.81. The maximum absolute atomic E-state index is 11.4. The molecular weight excluding hydrogens is 264 g/mol. The molecule has 0 radical (unpaired) electrons. The molecule has 1 aromatic carbocycles. The molecule has 21 heavy (non-hydrogen) atoms. The van der Waals surface area contributed by atoms with Crippen molar-refractivity contribution in [3.63, 3.8) is 0 Å². The molecule has 110 valence electrons. The first-order valence-electron chi connectivity index (χ1n) is 7.30. The summed E-state index contributed by atoms with van der Waals surface area (Å²) in [4.78, 5) is 20.8. The Morgan fingerprint density at radius 2 is 2.19 bits per heavy atom. The van der Waals surface area contributed by atoms with Gasteiger partial charge in [-0.2, -0.15) is 0 Å². The number of rotatable bonds is 4. The van der Waals surface area contributed by atoms with Crippen LogP contribution in [0.1, 0.15) is 17.8 Å². The van der Waals surface area contributed by atoms with Gasteiger partial charge in [-0.15, -0.1) is 0 Å². The van der Waals surface area contributed by atoms with E-state index in [1.807, 2.05) is 6.07 Å². The second-order valence-corrected chi connectivity index (χ2v) is 5.57. The van der Waals surface area contributed by atoms with Crippen molar-refractivity contribution >= 4 is 5.82 Å². The Labute approximate surface area is 124 Å². The number of H-pyrrole nitrogens is 1. The van der Waals surface area contributed by atoms with E-state index in [4.69, 9.17) is 0 Å². The fourth-order valence-corrected chi connectivity index (χ4v) is 2.80. The molecule has 5 nitrogen and oxygen atoms in total. The molecule has 0 spiro atoms. The van der Waals surface area contributed by atoms with E-state index in [1.165, 1.54) is 11.6 Å². The molecule has 1 aliphatic rings. The van der Waals surface area contributed by atoms with Crippen LogP contribution < -0.4 is 10.9 Å². The number of aromatic nitrogens is 2. The summed E-state index contributed by atoms with van der Waals surface area (Å²) in [5, 5.41) is 3.37. The quantitative estimate of drug-likeness (QED) is 0.898. The Hall–Kier alpha value is -2.14. The second kappa shape index (κ2) is 6.10. The first-order valence-corrected chi connectivity index (χ1v) is 7.30. The van der Waals surface area contributed by atoms with Crippen LogP contribution in [-0.4, -0.2) is 34.0 Å². The van der Waals surface area contributed by atoms with Crippen LogP contribution in [0.2, 0.25) is 0 Å². The topological polar surface area (TPSA) is 61.0 Å². The minimum atomic E-state index is -0.107. The molecule has 0 bridgehead atoms. The largest absolute Gasteiger partial charge is 0.366 e. The average Bonchev–Trinajstić information content (AvgIpc) is 2.86. The Morgan fingerprint density at radius 1 is 1.38 bits per heavy atom. The second-order valence-electron chi connectivity index (χ2n) is 5.57. The molecule has 0 aliphatic carbocycles. The molecule has 1 aromatic heterocycles. The van der Waals surface area contributed by atoms with Gasteiger partial charge in [0.1, 0.15) is 11.6 Å². The van der Waals surface area contributed by atoms with Gasteiger partial charge in [-0.05, 0) is 18.9 Å². The average molecular weight is 284 g/mol. The summed E-state index contributed by atoms with van der Waals surface area (Å²) in [5.41, 5.74) is 1.23. The monoisotopic (exact) mass is 284 g/mol. The fourth-order valence-electron chi connectivity index (χ4n) is 2.80. The smallest absolute Gasteiger partial charge is 0.252 e. The van der Waals surface area contributed by atoms with Gasteiger partial charge in [-0.1, -0.05) is 30.3 Å². The molecule has 2 N–H and O–H groups in total. The van der Waals surface area contributed by atoms with E-state index in [0.29, 0.717) is 17.7 Å². The van der Waals surface area contributed by atoms with Crippen LogP contribution >= 0.6 is 0 Å². The van der Waals surface area contributed by atoms with Crippen LogP contribution in [0.15, 0.2) is 41.2 Å². The molecule has 1 saturated heterocycles. The van der Waals surface area contributed by atoms with Crippen molar-refractivity contribution in [2.75, 3.05) is 18.4 Å². The number of benzene rings is 1. The number of aromatic amines is 1. The minimum Gasteiger partial charge on any atom is -0.366 e. The van der Waals surface area contributed by atoms with Gasteiger partial charge in [-0.25, -0.2) is 4.98 Å². The van der Waals surface area contributed by atoms with Crippen LogP contribution in [0.5, 0.6) is 0 Å². The number of hydrogen-bond donors (Lipinski definition) is 2. The third-order valence-electron chi connectivity index (χ3n) is 3.73. The highest BCUT2D eigenvalue weighted by Crippen LogP contribution is 2.16. The van der Waals surface area contributed by atoms with Crippen LogP contribution in [0.25, 0.3) is 0 Å². The van der Waals surface area contributed by atoms with E-state index in [2.05, 4.69) is 44.5 Å². The highest BCUT2D eigenvalue weighted by molar-refractivity contribution is 5.34. The summed E-state index contributed by atoms with van der Waals surface area (Å²) < 4.78 is 0. The molecule has 3 rings (SSSR count). The Morgan fingerprint density at radius 3 is 2.95 bits per heavy atom. The predicted molar refractivity (Wildman–Crippen MR) is 83.3 cm³/mol. The fraction of sp³-hybridized carbons (Fsp3) is 0.375. The number of hydrogen-bond acceptors (Lipinski definition) is 4. The summed E-state index contributed by atoms with van der Waals surface area (Å²) in [6, 6.07) is 12.4. The van der Waals surface area contributed by atoms with E-state index in [0.717, 1.165) is 26.1 Å². The zero-order valence-electron chi connectivity index (χ0n) is 12.2. The third kappa shape index (κ3) is 3.70. The molecule has 1 unspecified atom stereocenters. The van der Waals surface area contributed by atoms with E-state index >= 15 is 0 Å². The zero-order chi connectivity index (χ0) is 14.7. The van der Waals surface area contributed by atoms with Gasteiger partial charge in [0.25, 0.3) is 5.56 Å². The maximum atomic E-state index is 11.4. The van der Waals surface area contributed by atoms with Gasteiger partial charge in [0.2, 0.25) is 0 Å². The first kappa shape index (κ1) is 13.8. The van der Waals surface area contributed by atoms with Crippen molar-refractivity contribution in [2.24, 2.45) is 0 Å². The summed E-state index contributed by atoms with van der Waals surface area (Å²) in [5.74, 6) is 1.31. The van der Waals surface area contributed by atoms with Gasteiger partial charge in [0.15, 0.2) is 0 Å². The Bertz CT molecular complexity index is 653. The van der Waals surface area contributed by atoms with Gasteiger partial charge in [0, 0.05) is 31.7 Å². The van der Waals surface area contributed by atoms with Gasteiger partial charge < -0.3 is 10.3 Å². The van der Waals surface area contributed by atoms with E-state index in [1.54, 1.807) is 6.92 Å².